The zero-order valence-corrected chi connectivity index (χ0v) is 11.6. The minimum Gasteiger partial charge on any atom is -0.192 e. The maximum atomic E-state index is 9.25. The van der Waals surface area contributed by atoms with Gasteiger partial charge in [-0.15, -0.1) is 0 Å². The molecule has 0 fully saturated rings. The maximum Gasteiger partial charge on any atom is 0.0998 e. The van der Waals surface area contributed by atoms with Gasteiger partial charge in [0.2, 0.25) is 0 Å². The monoisotopic (exact) mass is 249 g/mol. The second kappa shape index (κ2) is 6.20. The predicted molar refractivity (Wildman–Crippen MR) is 79.8 cm³/mol. The summed E-state index contributed by atoms with van der Waals surface area (Å²) in [6.07, 6.45) is 2.24. The number of benzene rings is 2. The van der Waals surface area contributed by atoms with Crippen molar-refractivity contribution in [1.29, 1.82) is 5.26 Å². The highest BCUT2D eigenvalue weighted by atomic mass is 14.2. The van der Waals surface area contributed by atoms with Crippen molar-refractivity contribution in [3.05, 3.63) is 59.7 Å². The Kier molecular flexibility index (Phi) is 4.36. The molecule has 0 amide bonds. The normalized spacial score (nSPS) is 11.8. The maximum absolute atomic E-state index is 9.25. The first-order valence-electron chi connectivity index (χ1n) is 6.83. The Morgan fingerprint density at radius 3 is 2.32 bits per heavy atom. The number of nitrogens with zero attached hydrogens (tertiary/aromatic N) is 1. The van der Waals surface area contributed by atoms with E-state index in [4.69, 9.17) is 0 Å². The van der Waals surface area contributed by atoms with E-state index in [1.54, 1.807) is 0 Å². The summed E-state index contributed by atoms with van der Waals surface area (Å²) in [5, 5.41) is 9.25. The van der Waals surface area contributed by atoms with E-state index in [2.05, 4.69) is 38.1 Å². The molecule has 1 nitrogen and oxygen atoms in total. The van der Waals surface area contributed by atoms with Crippen LogP contribution in [0.1, 0.15) is 31.4 Å². The van der Waals surface area contributed by atoms with Crippen molar-refractivity contribution in [3.63, 3.8) is 0 Å². The summed E-state index contributed by atoms with van der Waals surface area (Å²) in [4.78, 5) is 0. The molecule has 0 aromatic heterocycles. The molecule has 0 aliphatic heterocycles. The summed E-state index contributed by atoms with van der Waals surface area (Å²) in [5.74, 6) is 0.662. The minimum absolute atomic E-state index is 0.662. The molecule has 0 aliphatic rings. The van der Waals surface area contributed by atoms with Crippen LogP contribution in [0.25, 0.3) is 11.1 Å². The molecular formula is C18H19N. The van der Waals surface area contributed by atoms with Crippen molar-refractivity contribution >= 4 is 0 Å². The number of nitriles is 1. The van der Waals surface area contributed by atoms with Crippen molar-refractivity contribution in [2.75, 3.05) is 0 Å². The standard InChI is InChI=1S/C18H19N/c1-3-14(2)12-15-8-4-6-10-17(15)18-11-7-5-9-16(18)13-19/h4-11,14H,3,12H2,1-2H3. The van der Waals surface area contributed by atoms with Gasteiger partial charge >= 0.3 is 0 Å². The van der Waals surface area contributed by atoms with Crippen LogP contribution < -0.4 is 0 Å². The second-order valence-electron chi connectivity index (χ2n) is 5.03. The van der Waals surface area contributed by atoms with Gasteiger partial charge < -0.3 is 0 Å². The Hall–Kier alpha value is -2.07. The average molecular weight is 249 g/mol. The van der Waals surface area contributed by atoms with E-state index in [-0.39, 0.29) is 0 Å². The molecule has 2 aromatic rings. The van der Waals surface area contributed by atoms with E-state index in [1.165, 1.54) is 17.5 Å². The summed E-state index contributed by atoms with van der Waals surface area (Å²) in [6, 6.07) is 18.5. The SMILES string of the molecule is CCC(C)Cc1ccccc1-c1ccccc1C#N. The molecule has 0 radical (unpaired) electrons. The molecule has 1 unspecified atom stereocenters. The molecule has 1 heteroatoms. The van der Waals surface area contributed by atoms with Gasteiger partial charge in [0.25, 0.3) is 0 Å². The fraction of sp³-hybridized carbons (Fsp3) is 0.278. The van der Waals surface area contributed by atoms with Crippen LogP contribution in [0.15, 0.2) is 48.5 Å². The number of hydrogen-bond acceptors (Lipinski definition) is 1. The largest absolute Gasteiger partial charge is 0.192 e. The van der Waals surface area contributed by atoms with Gasteiger partial charge in [-0.3, -0.25) is 0 Å². The van der Waals surface area contributed by atoms with Gasteiger partial charge in [-0.25, -0.2) is 0 Å². The predicted octanol–water partition coefficient (Wildman–Crippen LogP) is 4.81. The second-order valence-corrected chi connectivity index (χ2v) is 5.03. The van der Waals surface area contributed by atoms with E-state index in [1.807, 2.05) is 30.3 Å². The van der Waals surface area contributed by atoms with Gasteiger partial charge in [0.15, 0.2) is 0 Å². The van der Waals surface area contributed by atoms with Crippen LogP contribution in [-0.2, 0) is 6.42 Å². The molecule has 1 atom stereocenters. The van der Waals surface area contributed by atoms with E-state index in [0.29, 0.717) is 5.92 Å². The van der Waals surface area contributed by atoms with E-state index >= 15 is 0 Å². The van der Waals surface area contributed by atoms with Gasteiger partial charge in [0.1, 0.15) is 0 Å². The molecule has 96 valence electrons. The third kappa shape index (κ3) is 3.03. The first kappa shape index (κ1) is 13.4. The molecule has 0 bridgehead atoms. The van der Waals surface area contributed by atoms with Crippen molar-refractivity contribution in [3.8, 4) is 17.2 Å². The Balaban J connectivity index is 2.48. The molecule has 2 aromatic carbocycles. The highest BCUT2D eigenvalue weighted by Gasteiger charge is 2.10. The number of rotatable bonds is 4. The first-order chi connectivity index (χ1) is 9.26. The lowest BCUT2D eigenvalue weighted by Crippen LogP contribution is -2.00. The van der Waals surface area contributed by atoms with Crippen molar-refractivity contribution in [2.24, 2.45) is 5.92 Å². The molecule has 0 aliphatic carbocycles. The van der Waals surface area contributed by atoms with Crippen LogP contribution in [0.2, 0.25) is 0 Å². The lowest BCUT2D eigenvalue weighted by Gasteiger charge is -2.14. The molecule has 2 rings (SSSR count). The lowest BCUT2D eigenvalue weighted by atomic mass is 9.90. The zero-order chi connectivity index (χ0) is 13.7. The highest BCUT2D eigenvalue weighted by molar-refractivity contribution is 5.73. The minimum atomic E-state index is 0.662. The summed E-state index contributed by atoms with van der Waals surface area (Å²) in [7, 11) is 0. The van der Waals surface area contributed by atoms with E-state index in [9.17, 15) is 5.26 Å². The van der Waals surface area contributed by atoms with Crippen LogP contribution in [0.5, 0.6) is 0 Å². The highest BCUT2D eigenvalue weighted by Crippen LogP contribution is 2.28. The molecule has 0 heterocycles. The summed E-state index contributed by atoms with van der Waals surface area (Å²) in [6.45, 7) is 4.49. The Morgan fingerprint density at radius 2 is 1.63 bits per heavy atom. The zero-order valence-electron chi connectivity index (χ0n) is 11.6. The van der Waals surface area contributed by atoms with Crippen LogP contribution >= 0.6 is 0 Å². The molecule has 0 N–H and O–H groups in total. The molecule has 0 spiro atoms. The van der Waals surface area contributed by atoms with Crippen molar-refractivity contribution in [1.82, 2.24) is 0 Å². The summed E-state index contributed by atoms with van der Waals surface area (Å²) >= 11 is 0. The van der Waals surface area contributed by atoms with E-state index < -0.39 is 0 Å². The van der Waals surface area contributed by atoms with Crippen molar-refractivity contribution < 1.29 is 0 Å². The first-order valence-corrected chi connectivity index (χ1v) is 6.83. The summed E-state index contributed by atoms with van der Waals surface area (Å²) in [5.41, 5.74) is 4.32. The van der Waals surface area contributed by atoms with Crippen LogP contribution in [0.3, 0.4) is 0 Å². The van der Waals surface area contributed by atoms with Gasteiger partial charge in [0.05, 0.1) is 11.6 Å². The van der Waals surface area contributed by atoms with E-state index in [0.717, 1.165) is 17.5 Å². The molecule has 0 saturated heterocycles. The van der Waals surface area contributed by atoms with Crippen LogP contribution in [-0.4, -0.2) is 0 Å². The Bertz CT molecular complexity index is 593. The van der Waals surface area contributed by atoms with Crippen molar-refractivity contribution in [2.45, 2.75) is 26.7 Å². The quantitative estimate of drug-likeness (QED) is 0.762. The molecule has 0 saturated carbocycles. The number of hydrogen-bond donors (Lipinski definition) is 0. The fourth-order valence-electron chi connectivity index (χ4n) is 2.30. The topological polar surface area (TPSA) is 23.8 Å². The fourth-order valence-corrected chi connectivity index (χ4v) is 2.30. The van der Waals surface area contributed by atoms with Gasteiger partial charge in [-0.05, 0) is 35.1 Å². The van der Waals surface area contributed by atoms with Crippen LogP contribution in [0.4, 0.5) is 0 Å². The summed E-state index contributed by atoms with van der Waals surface area (Å²) < 4.78 is 0. The Labute approximate surface area is 115 Å². The third-order valence-electron chi connectivity index (χ3n) is 3.62. The van der Waals surface area contributed by atoms with Gasteiger partial charge in [-0.1, -0.05) is 62.7 Å². The molecule has 19 heavy (non-hydrogen) atoms. The lowest BCUT2D eigenvalue weighted by molar-refractivity contribution is 0.561. The van der Waals surface area contributed by atoms with Crippen LogP contribution in [0, 0.1) is 17.2 Å². The van der Waals surface area contributed by atoms with Gasteiger partial charge in [0, 0.05) is 0 Å². The Morgan fingerprint density at radius 1 is 1.00 bits per heavy atom. The smallest absolute Gasteiger partial charge is 0.0998 e. The third-order valence-corrected chi connectivity index (χ3v) is 3.62. The molecular weight excluding hydrogens is 230 g/mol. The van der Waals surface area contributed by atoms with Gasteiger partial charge in [-0.2, -0.15) is 5.26 Å². The average Bonchev–Trinajstić information content (AvgIpc) is 2.47.